The van der Waals surface area contributed by atoms with E-state index in [1.807, 2.05) is 31.2 Å². The van der Waals surface area contributed by atoms with Crippen LogP contribution in [0.15, 0.2) is 42.5 Å². The van der Waals surface area contributed by atoms with Crippen LogP contribution in [0.1, 0.15) is 15.9 Å². The summed E-state index contributed by atoms with van der Waals surface area (Å²) in [7, 11) is 1.65. The second-order valence-corrected chi connectivity index (χ2v) is 4.44. The van der Waals surface area contributed by atoms with Crippen LogP contribution in [0.25, 0.3) is 0 Å². The van der Waals surface area contributed by atoms with E-state index < -0.39 is 0 Å². The van der Waals surface area contributed by atoms with Crippen molar-refractivity contribution < 1.29 is 15.0 Å². The number of carbonyl (C=O) groups is 1. The quantitative estimate of drug-likeness (QED) is 0.869. The molecule has 0 unspecified atom stereocenters. The number of anilines is 1. The number of aryl methyl sites for hydroxylation is 1. The fourth-order valence-electron chi connectivity index (χ4n) is 1.80. The number of hydrogen-bond acceptors (Lipinski definition) is 3. The molecule has 0 heterocycles. The number of hydrogen-bond donors (Lipinski definition) is 2. The lowest BCUT2D eigenvalue weighted by molar-refractivity contribution is 0.0992. The van der Waals surface area contributed by atoms with Gasteiger partial charge in [0.05, 0.1) is 0 Å². The van der Waals surface area contributed by atoms with Gasteiger partial charge >= 0.3 is 0 Å². The van der Waals surface area contributed by atoms with Crippen LogP contribution < -0.4 is 4.90 Å². The van der Waals surface area contributed by atoms with Gasteiger partial charge in [0.1, 0.15) is 11.5 Å². The van der Waals surface area contributed by atoms with Gasteiger partial charge in [-0.1, -0.05) is 17.7 Å². The third-order valence-corrected chi connectivity index (χ3v) is 2.88. The maximum Gasteiger partial charge on any atom is 0.258 e. The number of aromatic hydroxyl groups is 2. The molecule has 0 aromatic heterocycles. The Morgan fingerprint density at radius 1 is 1.00 bits per heavy atom. The van der Waals surface area contributed by atoms with E-state index >= 15 is 0 Å². The van der Waals surface area contributed by atoms with Crippen molar-refractivity contribution in [3.8, 4) is 11.5 Å². The molecule has 19 heavy (non-hydrogen) atoms. The predicted octanol–water partition coefficient (Wildman–Crippen LogP) is 2.68. The molecule has 0 aliphatic heterocycles. The van der Waals surface area contributed by atoms with Gasteiger partial charge < -0.3 is 15.1 Å². The highest BCUT2D eigenvalue weighted by molar-refractivity contribution is 6.06. The van der Waals surface area contributed by atoms with E-state index in [1.54, 1.807) is 7.05 Å². The molecule has 4 heteroatoms. The van der Waals surface area contributed by atoms with Crippen LogP contribution in [0.3, 0.4) is 0 Å². The zero-order valence-electron chi connectivity index (χ0n) is 10.8. The summed E-state index contributed by atoms with van der Waals surface area (Å²) in [5.41, 5.74) is 2.10. The summed E-state index contributed by atoms with van der Waals surface area (Å²) in [6, 6.07) is 11.4. The Morgan fingerprint density at radius 2 is 1.53 bits per heavy atom. The summed E-state index contributed by atoms with van der Waals surface area (Å²) in [5.74, 6) is -0.573. The summed E-state index contributed by atoms with van der Waals surface area (Å²) in [5, 5.41) is 18.8. The van der Waals surface area contributed by atoms with Crippen molar-refractivity contribution in [2.75, 3.05) is 11.9 Å². The molecule has 0 aliphatic carbocycles. The van der Waals surface area contributed by atoms with E-state index in [0.717, 1.165) is 11.3 Å². The van der Waals surface area contributed by atoms with Crippen molar-refractivity contribution >= 4 is 11.6 Å². The van der Waals surface area contributed by atoms with Crippen molar-refractivity contribution in [3.63, 3.8) is 0 Å². The first-order valence-electron chi connectivity index (χ1n) is 5.85. The molecule has 0 bridgehead atoms. The first-order chi connectivity index (χ1) is 8.97. The molecule has 0 fully saturated rings. The smallest absolute Gasteiger partial charge is 0.258 e. The van der Waals surface area contributed by atoms with Gasteiger partial charge in [-0.05, 0) is 31.2 Å². The van der Waals surface area contributed by atoms with Gasteiger partial charge in [-0.15, -0.1) is 0 Å². The zero-order valence-corrected chi connectivity index (χ0v) is 10.8. The molecule has 0 aliphatic rings. The SMILES string of the molecule is Cc1ccc(N(C)C(=O)c2cc(O)cc(O)c2)cc1. The molecule has 2 N–H and O–H groups in total. The molecule has 0 spiro atoms. The summed E-state index contributed by atoms with van der Waals surface area (Å²) >= 11 is 0. The van der Waals surface area contributed by atoms with Gasteiger partial charge in [0.25, 0.3) is 5.91 Å². The lowest BCUT2D eigenvalue weighted by Gasteiger charge is -2.17. The summed E-state index contributed by atoms with van der Waals surface area (Å²) in [4.78, 5) is 13.7. The second kappa shape index (κ2) is 5.02. The number of nitrogens with zero attached hydrogens (tertiary/aromatic N) is 1. The number of carbonyl (C=O) groups excluding carboxylic acids is 1. The van der Waals surface area contributed by atoms with Crippen molar-refractivity contribution in [2.24, 2.45) is 0 Å². The highest BCUT2D eigenvalue weighted by Gasteiger charge is 2.15. The third-order valence-electron chi connectivity index (χ3n) is 2.88. The number of phenols is 2. The van der Waals surface area contributed by atoms with Crippen molar-refractivity contribution in [1.82, 2.24) is 0 Å². The normalized spacial score (nSPS) is 10.2. The molecule has 0 saturated heterocycles. The van der Waals surface area contributed by atoms with Crippen LogP contribution in [0.4, 0.5) is 5.69 Å². The minimum atomic E-state index is -0.296. The van der Waals surface area contributed by atoms with Crippen LogP contribution in [-0.4, -0.2) is 23.2 Å². The molecule has 1 amide bonds. The van der Waals surface area contributed by atoms with Gasteiger partial charge in [0.15, 0.2) is 0 Å². The predicted molar refractivity (Wildman–Crippen MR) is 73.7 cm³/mol. The highest BCUT2D eigenvalue weighted by atomic mass is 16.3. The lowest BCUT2D eigenvalue weighted by atomic mass is 10.1. The van der Waals surface area contributed by atoms with Gasteiger partial charge in [-0.2, -0.15) is 0 Å². The molecule has 0 saturated carbocycles. The van der Waals surface area contributed by atoms with Gasteiger partial charge in [0.2, 0.25) is 0 Å². The topological polar surface area (TPSA) is 60.8 Å². The number of phenolic OH excluding ortho intramolecular Hbond substituents is 2. The van der Waals surface area contributed by atoms with Gasteiger partial charge in [-0.25, -0.2) is 0 Å². The van der Waals surface area contributed by atoms with E-state index in [1.165, 1.54) is 23.1 Å². The standard InChI is InChI=1S/C15H15NO3/c1-10-3-5-12(6-4-10)16(2)15(19)11-7-13(17)9-14(18)8-11/h3-9,17-18H,1-2H3. The number of amides is 1. The molecule has 2 aromatic rings. The summed E-state index contributed by atoms with van der Waals surface area (Å²) < 4.78 is 0. The second-order valence-electron chi connectivity index (χ2n) is 4.44. The molecular formula is C15H15NO3. The average Bonchev–Trinajstić information content (AvgIpc) is 2.37. The minimum absolute atomic E-state index is 0.138. The molecule has 2 aromatic carbocycles. The first-order valence-corrected chi connectivity index (χ1v) is 5.85. The minimum Gasteiger partial charge on any atom is -0.508 e. The zero-order chi connectivity index (χ0) is 14.0. The molecular weight excluding hydrogens is 242 g/mol. The highest BCUT2D eigenvalue weighted by Crippen LogP contribution is 2.23. The maximum atomic E-state index is 12.2. The van der Waals surface area contributed by atoms with E-state index in [4.69, 9.17) is 0 Å². The molecule has 0 radical (unpaired) electrons. The Balaban J connectivity index is 2.30. The fraction of sp³-hybridized carbons (Fsp3) is 0.133. The third kappa shape index (κ3) is 2.85. The molecule has 98 valence electrons. The van der Waals surface area contributed by atoms with Gasteiger partial charge in [0, 0.05) is 24.4 Å². The monoisotopic (exact) mass is 257 g/mol. The fourth-order valence-corrected chi connectivity index (χ4v) is 1.80. The lowest BCUT2D eigenvalue weighted by Crippen LogP contribution is -2.26. The van der Waals surface area contributed by atoms with Crippen LogP contribution in [0.2, 0.25) is 0 Å². The summed E-state index contributed by atoms with van der Waals surface area (Å²) in [6.07, 6.45) is 0. The van der Waals surface area contributed by atoms with E-state index in [2.05, 4.69) is 0 Å². The van der Waals surface area contributed by atoms with E-state index in [-0.39, 0.29) is 23.0 Å². The maximum absolute atomic E-state index is 12.2. The van der Waals surface area contributed by atoms with E-state index in [9.17, 15) is 15.0 Å². The van der Waals surface area contributed by atoms with Crippen molar-refractivity contribution in [3.05, 3.63) is 53.6 Å². The largest absolute Gasteiger partial charge is 0.508 e. The van der Waals surface area contributed by atoms with Crippen molar-refractivity contribution in [2.45, 2.75) is 6.92 Å². The van der Waals surface area contributed by atoms with Crippen LogP contribution in [0.5, 0.6) is 11.5 Å². The van der Waals surface area contributed by atoms with Crippen molar-refractivity contribution in [1.29, 1.82) is 0 Å². The number of rotatable bonds is 2. The summed E-state index contributed by atoms with van der Waals surface area (Å²) in [6.45, 7) is 1.97. The van der Waals surface area contributed by atoms with E-state index in [0.29, 0.717) is 0 Å². The first kappa shape index (κ1) is 13.0. The Hall–Kier alpha value is -2.49. The van der Waals surface area contributed by atoms with Crippen LogP contribution in [0, 0.1) is 6.92 Å². The Morgan fingerprint density at radius 3 is 2.05 bits per heavy atom. The van der Waals surface area contributed by atoms with Gasteiger partial charge in [-0.3, -0.25) is 4.79 Å². The number of benzene rings is 2. The average molecular weight is 257 g/mol. The Bertz CT molecular complexity index is 585. The molecule has 0 atom stereocenters. The Labute approximate surface area is 111 Å². The molecule has 4 nitrogen and oxygen atoms in total. The van der Waals surface area contributed by atoms with Crippen LogP contribution >= 0.6 is 0 Å². The Kier molecular flexibility index (Phi) is 3.42. The molecule has 2 rings (SSSR count). The van der Waals surface area contributed by atoms with Crippen LogP contribution in [-0.2, 0) is 0 Å².